The van der Waals surface area contributed by atoms with E-state index >= 15 is 0 Å². The first-order valence-corrected chi connectivity index (χ1v) is 5.48. The van der Waals surface area contributed by atoms with Crippen LogP contribution in [-0.4, -0.2) is 21.3 Å². The van der Waals surface area contributed by atoms with Gasteiger partial charge in [0.1, 0.15) is 12.7 Å². The molecule has 4 heteroatoms. The van der Waals surface area contributed by atoms with Crippen LogP contribution in [0.25, 0.3) is 5.69 Å². The lowest BCUT2D eigenvalue weighted by atomic mass is 10.2. The van der Waals surface area contributed by atoms with Gasteiger partial charge in [0, 0.05) is 18.4 Å². The average molecular weight is 224 g/mol. The summed E-state index contributed by atoms with van der Waals surface area (Å²) in [6.45, 7) is 0.916. The van der Waals surface area contributed by atoms with Crippen molar-refractivity contribution in [2.75, 3.05) is 11.4 Å². The Morgan fingerprint density at radius 2 is 1.82 bits per heavy atom. The number of allylic oxidation sites excluding steroid dienone is 2. The van der Waals surface area contributed by atoms with E-state index in [1.165, 1.54) is 12.0 Å². The summed E-state index contributed by atoms with van der Waals surface area (Å²) >= 11 is 0. The topological polar surface area (TPSA) is 34.0 Å². The van der Waals surface area contributed by atoms with Crippen molar-refractivity contribution < 1.29 is 0 Å². The van der Waals surface area contributed by atoms with E-state index in [0.29, 0.717) is 0 Å². The van der Waals surface area contributed by atoms with Gasteiger partial charge >= 0.3 is 0 Å². The van der Waals surface area contributed by atoms with E-state index in [9.17, 15) is 0 Å². The number of benzene rings is 1. The monoisotopic (exact) mass is 224 g/mol. The van der Waals surface area contributed by atoms with Crippen molar-refractivity contribution in [1.82, 2.24) is 14.8 Å². The summed E-state index contributed by atoms with van der Waals surface area (Å²) in [4.78, 5) is 6.12. The van der Waals surface area contributed by atoms with E-state index in [1.54, 1.807) is 11.0 Å². The fourth-order valence-electron chi connectivity index (χ4n) is 1.80. The lowest BCUT2D eigenvalue weighted by Crippen LogP contribution is -2.17. The highest BCUT2D eigenvalue weighted by molar-refractivity contribution is 5.54. The average Bonchev–Trinajstić information content (AvgIpc) is 2.94. The van der Waals surface area contributed by atoms with E-state index in [-0.39, 0.29) is 0 Å². The lowest BCUT2D eigenvalue weighted by Gasteiger charge is -2.20. The van der Waals surface area contributed by atoms with Gasteiger partial charge in [0.05, 0.1) is 5.69 Å². The van der Waals surface area contributed by atoms with Crippen LogP contribution in [0, 0.1) is 0 Å². The second-order valence-electron chi connectivity index (χ2n) is 3.78. The first-order chi connectivity index (χ1) is 8.43. The predicted molar refractivity (Wildman–Crippen MR) is 67.0 cm³/mol. The zero-order valence-corrected chi connectivity index (χ0v) is 9.27. The van der Waals surface area contributed by atoms with Crippen molar-refractivity contribution in [3.05, 3.63) is 61.3 Å². The first-order valence-electron chi connectivity index (χ1n) is 5.48. The molecule has 0 bridgehead atoms. The molecule has 84 valence electrons. The molecule has 0 spiro atoms. The van der Waals surface area contributed by atoms with Crippen LogP contribution < -0.4 is 4.90 Å². The van der Waals surface area contributed by atoms with E-state index in [1.807, 2.05) is 18.2 Å². The molecule has 0 fully saturated rings. The van der Waals surface area contributed by atoms with Crippen molar-refractivity contribution in [2.24, 2.45) is 0 Å². The lowest BCUT2D eigenvalue weighted by molar-refractivity contribution is 0.878. The SMILES string of the molecule is C1=CCN(c2ccc(-n3cncn3)cc2)C=C1. The second-order valence-corrected chi connectivity index (χ2v) is 3.78. The number of rotatable bonds is 2. The molecule has 17 heavy (non-hydrogen) atoms. The van der Waals surface area contributed by atoms with Crippen LogP contribution in [0.4, 0.5) is 5.69 Å². The summed E-state index contributed by atoms with van der Waals surface area (Å²) in [6.07, 6.45) is 11.5. The molecule has 1 aromatic carbocycles. The van der Waals surface area contributed by atoms with Crippen LogP contribution >= 0.6 is 0 Å². The molecule has 0 N–H and O–H groups in total. The van der Waals surface area contributed by atoms with Gasteiger partial charge in [0.15, 0.2) is 0 Å². The van der Waals surface area contributed by atoms with Gasteiger partial charge in [-0.2, -0.15) is 5.10 Å². The maximum absolute atomic E-state index is 4.10. The zero-order valence-electron chi connectivity index (χ0n) is 9.27. The molecule has 0 saturated carbocycles. The molecule has 2 heterocycles. The van der Waals surface area contributed by atoms with Crippen LogP contribution in [0.15, 0.2) is 61.3 Å². The molecule has 0 saturated heterocycles. The minimum atomic E-state index is 0.916. The van der Waals surface area contributed by atoms with Crippen molar-refractivity contribution in [1.29, 1.82) is 0 Å². The molecule has 1 aromatic heterocycles. The van der Waals surface area contributed by atoms with Crippen molar-refractivity contribution >= 4 is 5.69 Å². The molecule has 3 rings (SSSR count). The Bertz CT molecular complexity index is 537. The van der Waals surface area contributed by atoms with Crippen LogP contribution in [0.5, 0.6) is 0 Å². The molecule has 1 aliphatic rings. The van der Waals surface area contributed by atoms with Crippen molar-refractivity contribution in [2.45, 2.75) is 0 Å². The molecule has 0 amide bonds. The third-order valence-electron chi connectivity index (χ3n) is 2.68. The summed E-state index contributed by atoms with van der Waals surface area (Å²) in [7, 11) is 0. The van der Waals surface area contributed by atoms with Crippen LogP contribution in [-0.2, 0) is 0 Å². The van der Waals surface area contributed by atoms with Crippen molar-refractivity contribution in [3.63, 3.8) is 0 Å². The standard InChI is InChI=1S/C13H12N4/c1-2-8-16(9-3-1)12-4-6-13(7-5-12)17-11-14-10-15-17/h1-8,10-11H,9H2. The summed E-state index contributed by atoms with van der Waals surface area (Å²) in [5.41, 5.74) is 2.19. The summed E-state index contributed by atoms with van der Waals surface area (Å²) in [5, 5.41) is 4.10. The number of nitrogens with zero attached hydrogens (tertiary/aromatic N) is 4. The van der Waals surface area contributed by atoms with Gasteiger partial charge in [-0.25, -0.2) is 9.67 Å². The van der Waals surface area contributed by atoms with Gasteiger partial charge in [-0.05, 0) is 30.3 Å². The highest BCUT2D eigenvalue weighted by atomic mass is 15.3. The molecule has 0 radical (unpaired) electrons. The van der Waals surface area contributed by atoms with E-state index in [0.717, 1.165) is 12.2 Å². The first kappa shape index (κ1) is 9.84. The van der Waals surface area contributed by atoms with Crippen LogP contribution in [0.3, 0.4) is 0 Å². The van der Waals surface area contributed by atoms with Gasteiger partial charge in [-0.1, -0.05) is 12.2 Å². The summed E-state index contributed by atoms with van der Waals surface area (Å²) in [6, 6.07) is 8.24. The smallest absolute Gasteiger partial charge is 0.138 e. The van der Waals surface area contributed by atoms with Gasteiger partial charge in [0.25, 0.3) is 0 Å². The molecule has 2 aromatic rings. The fourth-order valence-corrected chi connectivity index (χ4v) is 1.80. The quantitative estimate of drug-likeness (QED) is 0.783. The fraction of sp³-hybridized carbons (Fsp3) is 0.0769. The second kappa shape index (κ2) is 4.25. The summed E-state index contributed by atoms with van der Waals surface area (Å²) in [5.74, 6) is 0. The third kappa shape index (κ3) is 1.97. The van der Waals surface area contributed by atoms with Gasteiger partial charge in [0.2, 0.25) is 0 Å². The molecule has 4 nitrogen and oxygen atoms in total. The van der Waals surface area contributed by atoms with Gasteiger partial charge in [-0.3, -0.25) is 0 Å². The number of aromatic nitrogens is 3. The largest absolute Gasteiger partial charge is 0.344 e. The van der Waals surface area contributed by atoms with E-state index in [2.05, 4.69) is 45.5 Å². The van der Waals surface area contributed by atoms with Gasteiger partial charge in [-0.15, -0.1) is 0 Å². The Morgan fingerprint density at radius 1 is 1.00 bits per heavy atom. The highest BCUT2D eigenvalue weighted by Crippen LogP contribution is 2.18. The minimum absolute atomic E-state index is 0.916. The Morgan fingerprint density at radius 3 is 2.47 bits per heavy atom. The van der Waals surface area contributed by atoms with Crippen molar-refractivity contribution in [3.8, 4) is 5.69 Å². The zero-order chi connectivity index (χ0) is 11.5. The molecule has 0 aliphatic carbocycles. The molecule has 1 aliphatic heterocycles. The Balaban J connectivity index is 1.85. The minimum Gasteiger partial charge on any atom is -0.344 e. The van der Waals surface area contributed by atoms with Crippen LogP contribution in [0.2, 0.25) is 0 Å². The molecule has 0 unspecified atom stereocenters. The Kier molecular flexibility index (Phi) is 2.46. The number of hydrogen-bond acceptors (Lipinski definition) is 3. The number of anilines is 1. The number of hydrogen-bond donors (Lipinski definition) is 0. The molecular formula is C13H12N4. The van der Waals surface area contributed by atoms with E-state index < -0.39 is 0 Å². The normalized spacial score (nSPS) is 14.2. The highest BCUT2D eigenvalue weighted by Gasteiger charge is 2.03. The predicted octanol–water partition coefficient (Wildman–Crippen LogP) is 2.16. The van der Waals surface area contributed by atoms with Crippen LogP contribution in [0.1, 0.15) is 0 Å². The molecule has 0 atom stereocenters. The maximum atomic E-state index is 4.10. The molecular weight excluding hydrogens is 212 g/mol. The summed E-state index contributed by atoms with van der Waals surface area (Å²) < 4.78 is 1.75. The Hall–Kier alpha value is -2.36. The maximum Gasteiger partial charge on any atom is 0.138 e. The third-order valence-corrected chi connectivity index (χ3v) is 2.68. The van der Waals surface area contributed by atoms with Gasteiger partial charge < -0.3 is 4.90 Å². The van der Waals surface area contributed by atoms with E-state index in [4.69, 9.17) is 0 Å². The Labute approximate surface area is 99.5 Å².